The molecule has 3 heteroatoms. The van der Waals surface area contributed by atoms with Crippen molar-refractivity contribution in [3.8, 4) is 16.9 Å². The Hall–Kier alpha value is -0.800. The van der Waals surface area contributed by atoms with Crippen LogP contribution in [0.5, 0.6) is 5.75 Å². The molecule has 0 N–H and O–H groups in total. The minimum atomic E-state index is 0.547. The molecule has 0 atom stereocenters. The third-order valence-corrected chi connectivity index (χ3v) is 3.70. The zero-order valence-corrected chi connectivity index (χ0v) is 12.3. The van der Waals surface area contributed by atoms with E-state index >= 15 is 0 Å². The first kappa shape index (κ1) is 12.7. The fraction of sp³-hybridized carbons (Fsp3) is 0.286. The van der Waals surface area contributed by atoms with Crippen LogP contribution in [-0.2, 0) is 0 Å². The van der Waals surface area contributed by atoms with Crippen molar-refractivity contribution in [2.45, 2.75) is 13.8 Å². The lowest BCUT2D eigenvalue weighted by Gasteiger charge is -2.10. The van der Waals surface area contributed by atoms with E-state index in [9.17, 15) is 0 Å². The van der Waals surface area contributed by atoms with Gasteiger partial charge in [-0.05, 0) is 52.1 Å². The molecule has 0 bridgehead atoms. The second kappa shape index (κ2) is 5.69. The molecule has 0 amide bonds. The van der Waals surface area contributed by atoms with Gasteiger partial charge in [-0.1, -0.05) is 29.8 Å². The Morgan fingerprint density at radius 2 is 2.12 bits per heavy atom. The Balaban J connectivity index is 2.17. The molecular weight excluding hydrogens is 296 g/mol. The van der Waals surface area contributed by atoms with Crippen LogP contribution in [0.25, 0.3) is 11.1 Å². The summed E-state index contributed by atoms with van der Waals surface area (Å²) in [5.74, 6) is 1.47. The topological polar surface area (TPSA) is 9.23 Å². The first-order chi connectivity index (χ1) is 8.16. The molecule has 0 aliphatic rings. The second-order valence-electron chi connectivity index (χ2n) is 4.36. The summed E-state index contributed by atoms with van der Waals surface area (Å²) >= 11 is 5.31. The van der Waals surface area contributed by atoms with Gasteiger partial charge in [-0.15, -0.1) is 0 Å². The first-order valence-corrected chi connectivity index (χ1v) is 7.35. The first-order valence-electron chi connectivity index (χ1n) is 5.61. The molecule has 0 saturated heterocycles. The molecule has 1 nitrogen and oxygen atoms in total. The molecule has 0 unspecified atom stereocenters. The van der Waals surface area contributed by atoms with E-state index in [0.29, 0.717) is 5.92 Å². The molecule has 1 aromatic carbocycles. The van der Waals surface area contributed by atoms with Crippen molar-refractivity contribution in [1.82, 2.24) is 0 Å². The highest BCUT2D eigenvalue weighted by Gasteiger charge is 2.05. The van der Waals surface area contributed by atoms with Crippen LogP contribution in [-0.4, -0.2) is 6.61 Å². The standard InChI is InChI=1S/C14H15BrOS/c1-10(2)8-16-12-3-4-13(14(15)7-12)11-5-6-17-9-11/h3-7,9-10H,8H2,1-2H3. The van der Waals surface area contributed by atoms with E-state index in [1.807, 2.05) is 12.1 Å². The van der Waals surface area contributed by atoms with E-state index in [2.05, 4.69) is 52.7 Å². The molecule has 0 saturated carbocycles. The van der Waals surface area contributed by atoms with Gasteiger partial charge in [-0.3, -0.25) is 0 Å². The molecule has 1 heterocycles. The molecule has 90 valence electrons. The third-order valence-electron chi connectivity index (χ3n) is 2.36. The highest BCUT2D eigenvalue weighted by molar-refractivity contribution is 9.10. The summed E-state index contributed by atoms with van der Waals surface area (Å²) in [6.45, 7) is 5.05. The van der Waals surface area contributed by atoms with Gasteiger partial charge in [0.25, 0.3) is 0 Å². The number of thiophene rings is 1. The van der Waals surface area contributed by atoms with Gasteiger partial charge in [0.15, 0.2) is 0 Å². The predicted molar refractivity (Wildman–Crippen MR) is 77.8 cm³/mol. The molecule has 0 aliphatic carbocycles. The quantitative estimate of drug-likeness (QED) is 0.753. The summed E-state index contributed by atoms with van der Waals surface area (Å²) in [6, 6.07) is 8.29. The minimum absolute atomic E-state index is 0.547. The Morgan fingerprint density at radius 3 is 2.71 bits per heavy atom. The van der Waals surface area contributed by atoms with Gasteiger partial charge >= 0.3 is 0 Å². The lowest BCUT2D eigenvalue weighted by atomic mass is 10.1. The molecule has 0 spiro atoms. The van der Waals surface area contributed by atoms with Crippen molar-refractivity contribution < 1.29 is 4.74 Å². The van der Waals surface area contributed by atoms with Crippen LogP contribution in [0.15, 0.2) is 39.5 Å². The summed E-state index contributed by atoms with van der Waals surface area (Å²) in [6.07, 6.45) is 0. The van der Waals surface area contributed by atoms with E-state index < -0.39 is 0 Å². The SMILES string of the molecule is CC(C)COc1ccc(-c2ccsc2)c(Br)c1. The molecule has 17 heavy (non-hydrogen) atoms. The molecular formula is C14H15BrOS. The number of ether oxygens (including phenoxy) is 1. The highest BCUT2D eigenvalue weighted by atomic mass is 79.9. The molecule has 2 aromatic rings. The Labute approximate surface area is 115 Å². The van der Waals surface area contributed by atoms with E-state index in [-0.39, 0.29) is 0 Å². The van der Waals surface area contributed by atoms with Gasteiger partial charge in [-0.2, -0.15) is 11.3 Å². The van der Waals surface area contributed by atoms with Crippen LogP contribution >= 0.6 is 27.3 Å². The van der Waals surface area contributed by atoms with Crippen LogP contribution in [0, 0.1) is 5.92 Å². The second-order valence-corrected chi connectivity index (χ2v) is 5.99. The van der Waals surface area contributed by atoms with Crippen LogP contribution in [0.3, 0.4) is 0 Å². The lowest BCUT2D eigenvalue weighted by Crippen LogP contribution is -2.04. The van der Waals surface area contributed by atoms with E-state index in [4.69, 9.17) is 4.74 Å². The van der Waals surface area contributed by atoms with Crippen LogP contribution in [0.1, 0.15) is 13.8 Å². The van der Waals surface area contributed by atoms with E-state index in [1.54, 1.807) is 11.3 Å². The number of hydrogen-bond donors (Lipinski definition) is 0. The van der Waals surface area contributed by atoms with E-state index in [0.717, 1.165) is 16.8 Å². The van der Waals surface area contributed by atoms with Crippen LogP contribution in [0.2, 0.25) is 0 Å². The van der Waals surface area contributed by atoms with E-state index in [1.165, 1.54) is 11.1 Å². The van der Waals surface area contributed by atoms with Gasteiger partial charge in [-0.25, -0.2) is 0 Å². The zero-order chi connectivity index (χ0) is 12.3. The molecule has 2 rings (SSSR count). The smallest absolute Gasteiger partial charge is 0.120 e. The normalized spacial score (nSPS) is 10.8. The van der Waals surface area contributed by atoms with Crippen molar-refractivity contribution in [3.63, 3.8) is 0 Å². The fourth-order valence-corrected chi connectivity index (χ4v) is 2.74. The Kier molecular flexibility index (Phi) is 4.24. The molecule has 0 aliphatic heterocycles. The van der Waals surface area contributed by atoms with Gasteiger partial charge in [0.1, 0.15) is 5.75 Å². The van der Waals surface area contributed by atoms with Gasteiger partial charge in [0.05, 0.1) is 6.61 Å². The van der Waals surface area contributed by atoms with Crippen molar-refractivity contribution >= 4 is 27.3 Å². The summed E-state index contributed by atoms with van der Waals surface area (Å²) in [4.78, 5) is 0. The Bertz CT molecular complexity index is 477. The van der Waals surface area contributed by atoms with Crippen molar-refractivity contribution in [2.24, 2.45) is 5.92 Å². The lowest BCUT2D eigenvalue weighted by molar-refractivity contribution is 0.271. The number of benzene rings is 1. The molecule has 1 aromatic heterocycles. The minimum Gasteiger partial charge on any atom is -0.493 e. The predicted octanol–water partition coefficient (Wildman–Crippen LogP) is 5.21. The summed E-state index contributed by atoms with van der Waals surface area (Å²) in [7, 11) is 0. The largest absolute Gasteiger partial charge is 0.493 e. The summed E-state index contributed by atoms with van der Waals surface area (Å²) in [5, 5.41) is 4.24. The Morgan fingerprint density at radius 1 is 1.29 bits per heavy atom. The van der Waals surface area contributed by atoms with Gasteiger partial charge < -0.3 is 4.74 Å². The summed E-state index contributed by atoms with van der Waals surface area (Å²) in [5.41, 5.74) is 2.46. The van der Waals surface area contributed by atoms with Crippen molar-refractivity contribution in [3.05, 3.63) is 39.5 Å². The van der Waals surface area contributed by atoms with Crippen LogP contribution < -0.4 is 4.74 Å². The van der Waals surface area contributed by atoms with Crippen molar-refractivity contribution in [1.29, 1.82) is 0 Å². The molecule has 0 radical (unpaired) electrons. The summed E-state index contributed by atoms with van der Waals surface area (Å²) < 4.78 is 6.77. The van der Waals surface area contributed by atoms with Gasteiger partial charge in [0, 0.05) is 4.47 Å². The maximum Gasteiger partial charge on any atom is 0.120 e. The highest BCUT2D eigenvalue weighted by Crippen LogP contribution is 2.32. The van der Waals surface area contributed by atoms with Crippen molar-refractivity contribution in [2.75, 3.05) is 6.61 Å². The third kappa shape index (κ3) is 3.33. The number of hydrogen-bond acceptors (Lipinski definition) is 2. The fourth-order valence-electron chi connectivity index (χ4n) is 1.50. The number of rotatable bonds is 4. The average molecular weight is 311 g/mol. The average Bonchev–Trinajstić information content (AvgIpc) is 2.79. The van der Waals surface area contributed by atoms with Gasteiger partial charge in [0.2, 0.25) is 0 Å². The monoisotopic (exact) mass is 310 g/mol. The maximum atomic E-state index is 5.69. The zero-order valence-electron chi connectivity index (χ0n) is 9.94. The number of halogens is 1. The maximum absolute atomic E-state index is 5.69. The van der Waals surface area contributed by atoms with Crippen LogP contribution in [0.4, 0.5) is 0 Å². The molecule has 0 fully saturated rings.